The molecular weight excluding hydrogens is 231 g/mol. The lowest BCUT2D eigenvalue weighted by Crippen LogP contribution is -2.41. The number of hydrogen-bond acceptors (Lipinski definition) is 3. The standard InChI is InChI=1S/C14H21FN2O/c1-10(16)7-12-3-4-14(13(15)8-12)17-5-6-18-11(2)9-17/h3-4,8,10-11H,5-7,9,16H2,1-2H3. The zero-order valence-corrected chi connectivity index (χ0v) is 11.0. The van der Waals surface area contributed by atoms with Crippen molar-refractivity contribution in [3.05, 3.63) is 29.6 Å². The SMILES string of the molecule is CC(N)Cc1ccc(N2CCOC(C)C2)c(F)c1. The Hall–Kier alpha value is -1.13. The van der Waals surface area contributed by atoms with E-state index >= 15 is 0 Å². The van der Waals surface area contributed by atoms with Gasteiger partial charge in [0, 0.05) is 19.1 Å². The molecule has 1 saturated heterocycles. The molecule has 0 spiro atoms. The summed E-state index contributed by atoms with van der Waals surface area (Å²) in [7, 11) is 0. The van der Waals surface area contributed by atoms with E-state index in [0.717, 1.165) is 18.7 Å². The molecule has 100 valence electrons. The van der Waals surface area contributed by atoms with Gasteiger partial charge < -0.3 is 15.4 Å². The highest BCUT2D eigenvalue weighted by Gasteiger charge is 2.19. The third kappa shape index (κ3) is 3.21. The predicted molar refractivity (Wildman–Crippen MR) is 71.4 cm³/mol. The summed E-state index contributed by atoms with van der Waals surface area (Å²) >= 11 is 0. The summed E-state index contributed by atoms with van der Waals surface area (Å²) in [6.07, 6.45) is 0.860. The fourth-order valence-electron chi connectivity index (χ4n) is 2.34. The second-order valence-electron chi connectivity index (χ2n) is 5.09. The molecule has 2 unspecified atom stereocenters. The Kier molecular flexibility index (Phi) is 4.19. The zero-order chi connectivity index (χ0) is 13.1. The first-order valence-electron chi connectivity index (χ1n) is 6.47. The molecule has 1 heterocycles. The van der Waals surface area contributed by atoms with E-state index in [-0.39, 0.29) is 18.0 Å². The van der Waals surface area contributed by atoms with Crippen molar-refractivity contribution >= 4 is 5.69 Å². The average molecular weight is 252 g/mol. The number of ether oxygens (including phenoxy) is 1. The quantitative estimate of drug-likeness (QED) is 0.893. The Balaban J connectivity index is 2.13. The minimum absolute atomic E-state index is 0.0543. The molecule has 18 heavy (non-hydrogen) atoms. The summed E-state index contributed by atoms with van der Waals surface area (Å²) < 4.78 is 19.6. The largest absolute Gasteiger partial charge is 0.375 e. The van der Waals surface area contributed by atoms with Gasteiger partial charge in [0.2, 0.25) is 0 Å². The highest BCUT2D eigenvalue weighted by atomic mass is 19.1. The van der Waals surface area contributed by atoms with Crippen molar-refractivity contribution in [2.45, 2.75) is 32.4 Å². The highest BCUT2D eigenvalue weighted by molar-refractivity contribution is 5.49. The molecule has 2 N–H and O–H groups in total. The summed E-state index contributed by atoms with van der Waals surface area (Å²) in [5, 5.41) is 0. The van der Waals surface area contributed by atoms with Crippen LogP contribution in [0, 0.1) is 5.82 Å². The van der Waals surface area contributed by atoms with Crippen molar-refractivity contribution in [1.82, 2.24) is 0 Å². The van der Waals surface area contributed by atoms with Gasteiger partial charge >= 0.3 is 0 Å². The van der Waals surface area contributed by atoms with Crippen LogP contribution in [0.25, 0.3) is 0 Å². The zero-order valence-electron chi connectivity index (χ0n) is 11.0. The van der Waals surface area contributed by atoms with E-state index in [0.29, 0.717) is 18.7 Å². The number of anilines is 1. The molecule has 4 heteroatoms. The molecule has 0 radical (unpaired) electrons. The second-order valence-corrected chi connectivity index (χ2v) is 5.09. The van der Waals surface area contributed by atoms with E-state index < -0.39 is 0 Å². The number of hydrogen-bond donors (Lipinski definition) is 1. The van der Waals surface area contributed by atoms with Crippen LogP contribution in [0.3, 0.4) is 0 Å². The van der Waals surface area contributed by atoms with Crippen LogP contribution in [-0.2, 0) is 11.2 Å². The number of nitrogens with zero attached hydrogens (tertiary/aromatic N) is 1. The normalized spacial score (nSPS) is 22.0. The van der Waals surface area contributed by atoms with Crippen LogP contribution in [0.2, 0.25) is 0 Å². The highest BCUT2D eigenvalue weighted by Crippen LogP contribution is 2.23. The Morgan fingerprint density at radius 3 is 2.94 bits per heavy atom. The van der Waals surface area contributed by atoms with Gasteiger partial charge in [-0.1, -0.05) is 6.07 Å². The summed E-state index contributed by atoms with van der Waals surface area (Å²) in [5.41, 5.74) is 7.34. The minimum atomic E-state index is -0.165. The first-order valence-corrected chi connectivity index (χ1v) is 6.47. The molecule has 0 aromatic heterocycles. The fourth-order valence-corrected chi connectivity index (χ4v) is 2.34. The van der Waals surface area contributed by atoms with Gasteiger partial charge in [0.15, 0.2) is 0 Å². The number of benzene rings is 1. The van der Waals surface area contributed by atoms with Crippen LogP contribution < -0.4 is 10.6 Å². The van der Waals surface area contributed by atoms with Gasteiger partial charge in [-0.25, -0.2) is 4.39 Å². The lowest BCUT2D eigenvalue weighted by atomic mass is 10.1. The van der Waals surface area contributed by atoms with Crippen molar-refractivity contribution < 1.29 is 9.13 Å². The number of rotatable bonds is 3. The molecular formula is C14H21FN2O. The number of halogens is 1. The van der Waals surface area contributed by atoms with Crippen molar-refractivity contribution in [1.29, 1.82) is 0 Å². The first-order chi connectivity index (χ1) is 8.56. The van der Waals surface area contributed by atoms with E-state index in [9.17, 15) is 4.39 Å². The third-order valence-corrected chi connectivity index (χ3v) is 3.15. The van der Waals surface area contributed by atoms with E-state index in [1.165, 1.54) is 0 Å². The maximum atomic E-state index is 14.1. The monoisotopic (exact) mass is 252 g/mol. The maximum Gasteiger partial charge on any atom is 0.146 e. The first kappa shape index (κ1) is 13.3. The topological polar surface area (TPSA) is 38.5 Å². The van der Waals surface area contributed by atoms with Crippen LogP contribution >= 0.6 is 0 Å². The van der Waals surface area contributed by atoms with E-state index in [1.54, 1.807) is 6.07 Å². The molecule has 3 nitrogen and oxygen atoms in total. The van der Waals surface area contributed by atoms with Crippen LogP contribution in [-0.4, -0.2) is 31.8 Å². The van der Waals surface area contributed by atoms with E-state index in [2.05, 4.69) is 0 Å². The van der Waals surface area contributed by atoms with Crippen LogP contribution in [0.5, 0.6) is 0 Å². The molecule has 1 aromatic rings. The summed E-state index contributed by atoms with van der Waals surface area (Å²) in [6.45, 7) is 6.07. The Morgan fingerprint density at radius 1 is 1.56 bits per heavy atom. The van der Waals surface area contributed by atoms with Gasteiger partial charge in [-0.3, -0.25) is 0 Å². The Morgan fingerprint density at radius 2 is 2.33 bits per heavy atom. The molecule has 0 saturated carbocycles. The van der Waals surface area contributed by atoms with Gasteiger partial charge in [-0.15, -0.1) is 0 Å². The smallest absolute Gasteiger partial charge is 0.146 e. The van der Waals surface area contributed by atoms with Gasteiger partial charge in [0.05, 0.1) is 18.4 Å². The lowest BCUT2D eigenvalue weighted by molar-refractivity contribution is 0.0530. The summed E-state index contributed by atoms with van der Waals surface area (Å²) in [4.78, 5) is 2.04. The predicted octanol–water partition coefficient (Wildman–Crippen LogP) is 1.94. The summed E-state index contributed by atoms with van der Waals surface area (Å²) in [5.74, 6) is -0.165. The number of morpholine rings is 1. The molecule has 0 aliphatic carbocycles. The molecule has 1 aliphatic heterocycles. The Bertz CT molecular complexity index is 409. The molecule has 0 bridgehead atoms. The fraction of sp³-hybridized carbons (Fsp3) is 0.571. The molecule has 1 aromatic carbocycles. The van der Waals surface area contributed by atoms with Crippen molar-refractivity contribution in [2.24, 2.45) is 5.73 Å². The molecule has 2 atom stereocenters. The van der Waals surface area contributed by atoms with Crippen molar-refractivity contribution in [3.8, 4) is 0 Å². The summed E-state index contributed by atoms with van der Waals surface area (Å²) in [6, 6.07) is 5.46. The van der Waals surface area contributed by atoms with Crippen molar-refractivity contribution in [2.75, 3.05) is 24.6 Å². The molecule has 1 fully saturated rings. The molecule has 1 aliphatic rings. The van der Waals surface area contributed by atoms with Gasteiger partial charge in [0.1, 0.15) is 5.82 Å². The van der Waals surface area contributed by atoms with Gasteiger partial charge in [-0.2, -0.15) is 0 Å². The third-order valence-electron chi connectivity index (χ3n) is 3.15. The molecule has 2 rings (SSSR count). The maximum absolute atomic E-state index is 14.1. The van der Waals surface area contributed by atoms with Crippen LogP contribution in [0.1, 0.15) is 19.4 Å². The minimum Gasteiger partial charge on any atom is -0.375 e. The average Bonchev–Trinajstić information content (AvgIpc) is 2.28. The van der Waals surface area contributed by atoms with Gasteiger partial charge in [-0.05, 0) is 38.0 Å². The lowest BCUT2D eigenvalue weighted by Gasteiger charge is -2.33. The molecule has 0 amide bonds. The van der Waals surface area contributed by atoms with Crippen molar-refractivity contribution in [3.63, 3.8) is 0 Å². The van der Waals surface area contributed by atoms with Crippen LogP contribution in [0.15, 0.2) is 18.2 Å². The van der Waals surface area contributed by atoms with E-state index in [4.69, 9.17) is 10.5 Å². The second kappa shape index (κ2) is 5.67. The van der Waals surface area contributed by atoms with Crippen LogP contribution in [0.4, 0.5) is 10.1 Å². The Labute approximate surface area is 108 Å². The van der Waals surface area contributed by atoms with Gasteiger partial charge in [0.25, 0.3) is 0 Å². The van der Waals surface area contributed by atoms with E-state index in [1.807, 2.05) is 30.9 Å². The number of nitrogens with two attached hydrogens (primary N) is 1.